The van der Waals surface area contributed by atoms with Crippen LogP contribution in [0.3, 0.4) is 0 Å². The summed E-state index contributed by atoms with van der Waals surface area (Å²) >= 11 is 5.69. The summed E-state index contributed by atoms with van der Waals surface area (Å²) in [5.74, 6) is -2.15. The summed E-state index contributed by atoms with van der Waals surface area (Å²) in [6, 6.07) is 5.91. The minimum Gasteiger partial charge on any atom is -0.350 e. The van der Waals surface area contributed by atoms with Gasteiger partial charge >= 0.3 is 6.18 Å². The highest BCUT2D eigenvalue weighted by molar-refractivity contribution is 6.30. The molecular formula is C12H7ClF3NO2. The molecule has 0 aliphatic carbocycles. The molecule has 0 radical (unpaired) electrons. The van der Waals surface area contributed by atoms with Crippen LogP contribution in [0.5, 0.6) is 0 Å². The Labute approximate surface area is 111 Å². The van der Waals surface area contributed by atoms with Crippen molar-refractivity contribution in [1.82, 2.24) is 5.16 Å². The number of hydrogen-bond donors (Lipinski definition) is 0. The average Bonchev–Trinajstić information content (AvgIpc) is 2.74. The number of alkyl halides is 3. The molecule has 7 heteroatoms. The molecule has 0 amide bonds. The zero-order chi connectivity index (χ0) is 14.2. The fourth-order valence-corrected chi connectivity index (χ4v) is 1.74. The molecule has 0 fully saturated rings. The van der Waals surface area contributed by atoms with Gasteiger partial charge in [0, 0.05) is 10.6 Å². The van der Waals surface area contributed by atoms with E-state index in [0.29, 0.717) is 10.6 Å². The monoisotopic (exact) mass is 289 g/mol. The molecule has 2 rings (SSSR count). The topological polar surface area (TPSA) is 43.1 Å². The molecule has 1 aromatic heterocycles. The van der Waals surface area contributed by atoms with E-state index in [9.17, 15) is 18.0 Å². The van der Waals surface area contributed by atoms with Crippen molar-refractivity contribution in [2.75, 3.05) is 0 Å². The molecule has 0 saturated carbocycles. The molecule has 3 nitrogen and oxygen atoms in total. The van der Waals surface area contributed by atoms with Gasteiger partial charge < -0.3 is 4.52 Å². The zero-order valence-corrected chi connectivity index (χ0v) is 10.3. The van der Waals surface area contributed by atoms with Crippen LogP contribution in [0.2, 0.25) is 5.02 Å². The predicted molar refractivity (Wildman–Crippen MR) is 62.0 cm³/mol. The smallest absolute Gasteiger partial charge is 0.350 e. The largest absolute Gasteiger partial charge is 0.453 e. The number of halogens is 4. The summed E-state index contributed by atoms with van der Waals surface area (Å²) in [6.45, 7) is 1.03. The molecule has 0 aliphatic heterocycles. The van der Waals surface area contributed by atoms with E-state index in [0.717, 1.165) is 6.92 Å². The summed E-state index contributed by atoms with van der Waals surface area (Å²) in [4.78, 5) is 11.4. The van der Waals surface area contributed by atoms with E-state index in [-0.39, 0.29) is 5.69 Å². The molecule has 1 aromatic carbocycles. The van der Waals surface area contributed by atoms with Gasteiger partial charge in [-0.1, -0.05) is 28.9 Å². The van der Waals surface area contributed by atoms with Gasteiger partial charge in [-0.05, 0) is 19.1 Å². The molecule has 2 aromatic rings. The number of hydrogen-bond acceptors (Lipinski definition) is 3. The van der Waals surface area contributed by atoms with Crippen LogP contribution in [-0.4, -0.2) is 10.9 Å². The lowest BCUT2D eigenvalue weighted by atomic mass is 10.0. The first-order chi connectivity index (χ1) is 8.80. The second-order valence-electron chi connectivity index (χ2n) is 3.80. The Kier molecular flexibility index (Phi) is 3.36. The SMILES string of the molecule is CC(=O)c1c(-c2ccc(Cl)cc2)noc1C(F)(F)F. The first-order valence-electron chi connectivity index (χ1n) is 5.14. The molecule has 0 bridgehead atoms. The highest BCUT2D eigenvalue weighted by atomic mass is 35.5. The highest BCUT2D eigenvalue weighted by Gasteiger charge is 2.41. The Morgan fingerprint density at radius 1 is 1.26 bits per heavy atom. The van der Waals surface area contributed by atoms with Gasteiger partial charge in [0.25, 0.3) is 5.76 Å². The minimum absolute atomic E-state index is 0.142. The second kappa shape index (κ2) is 4.70. The van der Waals surface area contributed by atoms with Gasteiger partial charge in [0.05, 0.1) is 5.56 Å². The number of rotatable bonds is 2. The molecule has 0 saturated heterocycles. The molecule has 19 heavy (non-hydrogen) atoms. The fraction of sp³-hybridized carbons (Fsp3) is 0.167. The van der Waals surface area contributed by atoms with E-state index in [2.05, 4.69) is 9.68 Å². The van der Waals surface area contributed by atoms with Gasteiger partial charge in [-0.25, -0.2) is 0 Å². The molecule has 0 aliphatic rings. The summed E-state index contributed by atoms with van der Waals surface area (Å²) in [5.41, 5.74) is -0.389. The summed E-state index contributed by atoms with van der Waals surface area (Å²) in [7, 11) is 0. The van der Waals surface area contributed by atoms with Crippen LogP contribution < -0.4 is 0 Å². The standard InChI is InChI=1S/C12H7ClF3NO2/c1-6(18)9-10(7-2-4-8(13)5-3-7)17-19-11(9)12(14,15)16/h2-5H,1H3. The van der Waals surface area contributed by atoms with Crippen LogP contribution in [0.1, 0.15) is 23.0 Å². The Morgan fingerprint density at radius 3 is 2.32 bits per heavy atom. The second-order valence-corrected chi connectivity index (χ2v) is 4.23. The van der Waals surface area contributed by atoms with Crippen molar-refractivity contribution >= 4 is 17.4 Å². The molecule has 1 heterocycles. The lowest BCUT2D eigenvalue weighted by molar-refractivity contribution is -0.155. The van der Waals surface area contributed by atoms with E-state index in [4.69, 9.17) is 11.6 Å². The lowest BCUT2D eigenvalue weighted by Gasteiger charge is -2.03. The third kappa shape index (κ3) is 2.63. The van der Waals surface area contributed by atoms with E-state index in [1.807, 2.05) is 0 Å². The number of benzene rings is 1. The van der Waals surface area contributed by atoms with Crippen LogP contribution >= 0.6 is 11.6 Å². The number of aromatic nitrogens is 1. The van der Waals surface area contributed by atoms with Gasteiger partial charge in [0.2, 0.25) is 0 Å². The molecule has 0 spiro atoms. The van der Waals surface area contributed by atoms with Crippen molar-refractivity contribution in [3.63, 3.8) is 0 Å². The third-order valence-corrected chi connectivity index (χ3v) is 2.67. The predicted octanol–water partition coefficient (Wildman–Crippen LogP) is 4.22. The Hall–Kier alpha value is -1.82. The number of ketones is 1. The highest BCUT2D eigenvalue weighted by Crippen LogP contribution is 2.37. The maximum Gasteiger partial charge on any atom is 0.453 e. The van der Waals surface area contributed by atoms with E-state index in [1.165, 1.54) is 24.3 Å². The van der Waals surface area contributed by atoms with E-state index >= 15 is 0 Å². The summed E-state index contributed by atoms with van der Waals surface area (Å²) in [6.07, 6.45) is -4.77. The Bertz CT molecular complexity index is 617. The minimum atomic E-state index is -4.77. The molecule has 0 atom stereocenters. The van der Waals surface area contributed by atoms with E-state index < -0.39 is 23.3 Å². The van der Waals surface area contributed by atoms with Gasteiger partial charge in [0.15, 0.2) is 5.78 Å². The molecule has 0 N–H and O–H groups in total. The van der Waals surface area contributed by atoms with Crippen LogP contribution in [0, 0.1) is 0 Å². The van der Waals surface area contributed by atoms with Crippen LogP contribution in [0.15, 0.2) is 28.8 Å². The first-order valence-corrected chi connectivity index (χ1v) is 5.52. The van der Waals surface area contributed by atoms with Crippen molar-refractivity contribution < 1.29 is 22.5 Å². The molecule has 0 unspecified atom stereocenters. The number of nitrogens with zero attached hydrogens (tertiary/aromatic N) is 1. The molecular weight excluding hydrogens is 283 g/mol. The fourth-order valence-electron chi connectivity index (χ4n) is 1.62. The van der Waals surface area contributed by atoms with Gasteiger partial charge in [-0.2, -0.15) is 13.2 Å². The maximum absolute atomic E-state index is 12.7. The average molecular weight is 290 g/mol. The Morgan fingerprint density at radius 2 is 1.84 bits per heavy atom. The number of carbonyl (C=O) groups excluding carboxylic acids is 1. The molecule has 100 valence electrons. The van der Waals surface area contributed by atoms with Crippen molar-refractivity contribution in [2.45, 2.75) is 13.1 Å². The van der Waals surface area contributed by atoms with Crippen LogP contribution in [0.25, 0.3) is 11.3 Å². The zero-order valence-electron chi connectivity index (χ0n) is 9.58. The summed E-state index contributed by atoms with van der Waals surface area (Å²) in [5, 5.41) is 3.77. The lowest BCUT2D eigenvalue weighted by Crippen LogP contribution is -2.09. The van der Waals surface area contributed by atoms with Crippen molar-refractivity contribution in [2.24, 2.45) is 0 Å². The third-order valence-electron chi connectivity index (χ3n) is 2.42. The van der Waals surface area contributed by atoms with E-state index in [1.54, 1.807) is 0 Å². The number of Topliss-reactive ketones (excluding diaryl/α,β-unsaturated/α-hetero) is 1. The Balaban J connectivity index is 2.62. The van der Waals surface area contributed by atoms with Gasteiger partial charge in [0.1, 0.15) is 5.69 Å². The van der Waals surface area contributed by atoms with Crippen molar-refractivity contribution in [3.05, 3.63) is 40.6 Å². The normalized spacial score (nSPS) is 11.6. The van der Waals surface area contributed by atoms with Crippen LogP contribution in [-0.2, 0) is 6.18 Å². The quantitative estimate of drug-likeness (QED) is 0.778. The van der Waals surface area contributed by atoms with Crippen LogP contribution in [0.4, 0.5) is 13.2 Å². The first kappa shape index (κ1) is 13.6. The van der Waals surface area contributed by atoms with Crippen molar-refractivity contribution in [1.29, 1.82) is 0 Å². The number of carbonyl (C=O) groups is 1. The maximum atomic E-state index is 12.7. The van der Waals surface area contributed by atoms with Gasteiger partial charge in [-0.3, -0.25) is 4.79 Å². The summed E-state index contributed by atoms with van der Waals surface area (Å²) < 4.78 is 42.4. The van der Waals surface area contributed by atoms with Crippen molar-refractivity contribution in [3.8, 4) is 11.3 Å². The van der Waals surface area contributed by atoms with Gasteiger partial charge in [-0.15, -0.1) is 0 Å².